The van der Waals surface area contributed by atoms with Crippen molar-refractivity contribution in [1.29, 1.82) is 5.41 Å². The van der Waals surface area contributed by atoms with Crippen LogP contribution in [0.1, 0.15) is 18.1 Å². The average Bonchev–Trinajstić information content (AvgIpc) is 2.17. The Hall–Kier alpha value is -2.04. The monoisotopic (exact) mass is 207 g/mol. The number of pyridine rings is 1. The van der Waals surface area contributed by atoms with Gasteiger partial charge in [-0.05, 0) is 6.92 Å². The molecule has 0 spiro atoms. The van der Waals surface area contributed by atoms with Gasteiger partial charge in [0.25, 0.3) is 0 Å². The minimum atomic E-state index is -0.339. The molecule has 0 aliphatic heterocycles. The van der Waals surface area contributed by atoms with Gasteiger partial charge in [-0.25, -0.2) is 0 Å². The van der Waals surface area contributed by atoms with Crippen molar-refractivity contribution in [2.45, 2.75) is 6.92 Å². The molecule has 0 saturated carbocycles. The molecule has 80 valence electrons. The molecule has 4 N–H and O–H groups in total. The Labute approximate surface area is 87.1 Å². The molecule has 0 aliphatic rings. The second-order valence-corrected chi connectivity index (χ2v) is 2.88. The summed E-state index contributed by atoms with van der Waals surface area (Å²) in [5.74, 6) is 0.488. The van der Waals surface area contributed by atoms with Crippen LogP contribution in [-0.2, 0) is 4.74 Å². The fourth-order valence-corrected chi connectivity index (χ4v) is 1.23. The van der Waals surface area contributed by atoms with Gasteiger partial charge in [0.05, 0.1) is 6.61 Å². The van der Waals surface area contributed by atoms with Crippen LogP contribution in [0.15, 0.2) is 17.4 Å². The standard InChI is InChI=1S/C10H13N3O2/c1-3-15-6(2)7-4-9(14)13-10(12)8(7)5-11/h4-5,11H,2-3H2,1H3,(H3,12,13,14). The summed E-state index contributed by atoms with van der Waals surface area (Å²) in [6.07, 6.45) is 1.06. The average molecular weight is 207 g/mol. The zero-order valence-electron chi connectivity index (χ0n) is 8.46. The van der Waals surface area contributed by atoms with E-state index in [2.05, 4.69) is 11.6 Å². The van der Waals surface area contributed by atoms with Crippen molar-refractivity contribution in [2.24, 2.45) is 0 Å². The highest BCUT2D eigenvalue weighted by atomic mass is 16.5. The third-order valence-electron chi connectivity index (χ3n) is 1.88. The molecule has 15 heavy (non-hydrogen) atoms. The van der Waals surface area contributed by atoms with E-state index < -0.39 is 0 Å². The summed E-state index contributed by atoms with van der Waals surface area (Å²) in [5, 5.41) is 7.20. The van der Waals surface area contributed by atoms with Gasteiger partial charge >= 0.3 is 0 Å². The summed E-state index contributed by atoms with van der Waals surface area (Å²) >= 11 is 0. The van der Waals surface area contributed by atoms with E-state index in [1.807, 2.05) is 6.92 Å². The first-order valence-electron chi connectivity index (χ1n) is 4.45. The van der Waals surface area contributed by atoms with Gasteiger partial charge in [-0.2, -0.15) is 0 Å². The number of nitrogens with one attached hydrogen (secondary N) is 2. The van der Waals surface area contributed by atoms with Gasteiger partial charge in [-0.1, -0.05) is 6.58 Å². The van der Waals surface area contributed by atoms with Gasteiger partial charge < -0.3 is 20.9 Å². The molecule has 1 aromatic rings. The van der Waals surface area contributed by atoms with Gasteiger partial charge in [0, 0.05) is 23.4 Å². The molecule has 0 aliphatic carbocycles. The number of ether oxygens (including phenoxy) is 1. The van der Waals surface area contributed by atoms with Crippen LogP contribution in [-0.4, -0.2) is 17.8 Å². The third kappa shape index (κ3) is 2.25. The molecule has 0 saturated heterocycles. The molecule has 0 amide bonds. The van der Waals surface area contributed by atoms with Crippen molar-refractivity contribution >= 4 is 17.8 Å². The minimum absolute atomic E-state index is 0.147. The molecule has 1 rings (SSSR count). The lowest BCUT2D eigenvalue weighted by Crippen LogP contribution is -2.13. The number of H-pyrrole nitrogens is 1. The van der Waals surface area contributed by atoms with Gasteiger partial charge in [-0.3, -0.25) is 4.79 Å². The predicted molar refractivity (Wildman–Crippen MR) is 60.0 cm³/mol. The highest BCUT2D eigenvalue weighted by Crippen LogP contribution is 2.18. The molecule has 0 fully saturated rings. The topological polar surface area (TPSA) is 92.0 Å². The first kappa shape index (κ1) is 11.0. The third-order valence-corrected chi connectivity index (χ3v) is 1.88. The first-order chi connectivity index (χ1) is 7.10. The van der Waals surface area contributed by atoms with Crippen molar-refractivity contribution in [2.75, 3.05) is 12.3 Å². The van der Waals surface area contributed by atoms with Crippen LogP contribution in [0.5, 0.6) is 0 Å². The number of nitrogen functional groups attached to an aromatic ring is 1. The fraction of sp³-hybridized carbons (Fsp3) is 0.200. The highest BCUT2D eigenvalue weighted by molar-refractivity contribution is 5.90. The number of aromatic amines is 1. The van der Waals surface area contributed by atoms with Gasteiger partial charge in [0.15, 0.2) is 0 Å². The van der Waals surface area contributed by atoms with Gasteiger partial charge in [0.2, 0.25) is 5.56 Å². The van der Waals surface area contributed by atoms with Crippen LogP contribution in [0.4, 0.5) is 5.82 Å². The van der Waals surface area contributed by atoms with E-state index >= 15 is 0 Å². The molecule has 0 atom stereocenters. The Balaban J connectivity index is 3.32. The van der Waals surface area contributed by atoms with Crippen molar-refractivity contribution in [3.8, 4) is 0 Å². The van der Waals surface area contributed by atoms with Crippen LogP contribution in [0.3, 0.4) is 0 Å². The second kappa shape index (κ2) is 4.45. The number of hydrogen-bond donors (Lipinski definition) is 3. The molecule has 1 heterocycles. The Bertz CT molecular complexity index is 448. The number of nitrogens with two attached hydrogens (primary N) is 1. The maximum absolute atomic E-state index is 11.2. The van der Waals surface area contributed by atoms with Crippen molar-refractivity contribution < 1.29 is 4.74 Å². The Morgan fingerprint density at radius 2 is 2.47 bits per heavy atom. The first-order valence-corrected chi connectivity index (χ1v) is 4.45. The molecule has 0 unspecified atom stereocenters. The van der Waals surface area contributed by atoms with E-state index in [4.69, 9.17) is 15.9 Å². The summed E-state index contributed by atoms with van der Waals surface area (Å²) in [6.45, 7) is 5.93. The fourth-order valence-electron chi connectivity index (χ4n) is 1.23. The van der Waals surface area contributed by atoms with E-state index in [1.54, 1.807) is 0 Å². The number of rotatable bonds is 4. The lowest BCUT2D eigenvalue weighted by molar-refractivity contribution is 0.299. The second-order valence-electron chi connectivity index (χ2n) is 2.88. The molecular formula is C10H13N3O2. The largest absolute Gasteiger partial charge is 0.494 e. The van der Waals surface area contributed by atoms with Crippen molar-refractivity contribution in [3.05, 3.63) is 34.1 Å². The van der Waals surface area contributed by atoms with Crippen LogP contribution < -0.4 is 11.3 Å². The molecule has 0 radical (unpaired) electrons. The SMILES string of the molecule is C=C(OCC)c1cc(=O)[nH]c(N)c1C=N. The van der Waals surface area contributed by atoms with E-state index in [0.717, 1.165) is 6.21 Å². The summed E-state index contributed by atoms with van der Waals surface area (Å²) in [6, 6.07) is 1.31. The van der Waals surface area contributed by atoms with Crippen molar-refractivity contribution in [1.82, 2.24) is 4.98 Å². The number of hydrogen-bond acceptors (Lipinski definition) is 4. The predicted octanol–water partition coefficient (Wildman–Crippen LogP) is 0.962. The Kier molecular flexibility index (Phi) is 3.28. The molecule has 5 heteroatoms. The molecule has 0 bridgehead atoms. The normalized spacial score (nSPS) is 9.67. The van der Waals surface area contributed by atoms with Crippen LogP contribution >= 0.6 is 0 Å². The highest BCUT2D eigenvalue weighted by Gasteiger charge is 2.10. The molecule has 1 aromatic heterocycles. The zero-order chi connectivity index (χ0) is 11.4. The Morgan fingerprint density at radius 3 is 3.00 bits per heavy atom. The van der Waals surface area contributed by atoms with Crippen molar-refractivity contribution in [3.63, 3.8) is 0 Å². The van der Waals surface area contributed by atoms with Crippen LogP contribution in [0, 0.1) is 5.41 Å². The van der Waals surface area contributed by atoms with Gasteiger partial charge in [0.1, 0.15) is 11.6 Å². The maximum atomic E-state index is 11.2. The quantitative estimate of drug-likeness (QED) is 0.507. The molecule has 0 aromatic carbocycles. The van der Waals surface area contributed by atoms with Crippen LogP contribution in [0.25, 0.3) is 5.76 Å². The smallest absolute Gasteiger partial charge is 0.250 e. The van der Waals surface area contributed by atoms with E-state index in [0.29, 0.717) is 23.5 Å². The summed E-state index contributed by atoms with van der Waals surface area (Å²) in [5.41, 5.74) is 6.09. The minimum Gasteiger partial charge on any atom is -0.494 e. The van der Waals surface area contributed by atoms with Crippen LogP contribution in [0.2, 0.25) is 0 Å². The maximum Gasteiger partial charge on any atom is 0.250 e. The number of anilines is 1. The summed E-state index contributed by atoms with van der Waals surface area (Å²) < 4.78 is 5.17. The van der Waals surface area contributed by atoms with E-state index in [-0.39, 0.29) is 11.4 Å². The molecule has 5 nitrogen and oxygen atoms in total. The summed E-state index contributed by atoms with van der Waals surface area (Å²) in [7, 11) is 0. The molecular weight excluding hydrogens is 194 g/mol. The lowest BCUT2D eigenvalue weighted by Gasteiger charge is -2.10. The Morgan fingerprint density at radius 1 is 1.80 bits per heavy atom. The van der Waals surface area contributed by atoms with E-state index in [1.165, 1.54) is 6.07 Å². The van der Waals surface area contributed by atoms with Gasteiger partial charge in [-0.15, -0.1) is 0 Å². The summed E-state index contributed by atoms with van der Waals surface area (Å²) in [4.78, 5) is 13.6. The lowest BCUT2D eigenvalue weighted by atomic mass is 10.1. The number of aromatic nitrogens is 1. The van der Waals surface area contributed by atoms with E-state index in [9.17, 15) is 4.79 Å². The zero-order valence-corrected chi connectivity index (χ0v) is 8.46.